The Hall–Kier alpha value is -0.570. The van der Waals surface area contributed by atoms with Gasteiger partial charge in [-0.15, -0.1) is 0 Å². The van der Waals surface area contributed by atoms with Crippen molar-refractivity contribution in [1.82, 2.24) is 6.15 Å². The molecule has 1 saturated carbocycles. The van der Waals surface area contributed by atoms with Crippen molar-refractivity contribution in [2.45, 2.75) is 46.5 Å². The topological polar surface area (TPSA) is 72.3 Å². The Kier molecular flexibility index (Phi) is 3.50. The normalized spacial score (nSPS) is 31.9. The molecule has 1 aliphatic carbocycles. The first-order chi connectivity index (χ1) is 5.36. The van der Waals surface area contributed by atoms with Crippen molar-refractivity contribution in [3.05, 3.63) is 0 Å². The molecule has 3 nitrogen and oxygen atoms in total. The predicted octanol–water partition coefficient (Wildman–Crippen LogP) is 2.84. The molecule has 0 aromatic rings. The first-order valence-electron chi connectivity index (χ1n) is 4.59. The molecule has 1 fully saturated rings. The molecule has 0 aliphatic heterocycles. The molecule has 0 heterocycles. The minimum atomic E-state index is -0.629. The second kappa shape index (κ2) is 3.66. The quantitative estimate of drug-likeness (QED) is 0.663. The van der Waals surface area contributed by atoms with Crippen molar-refractivity contribution in [2.24, 2.45) is 10.8 Å². The standard InChI is InChI=1S/C10H18O2.H3N/c1-9(2)5-4-6-10(3,7-9)8(11)12;/h4-7H2,1-3H3,(H,11,12);1H3. The van der Waals surface area contributed by atoms with E-state index in [9.17, 15) is 4.79 Å². The Morgan fingerprint density at radius 1 is 1.23 bits per heavy atom. The van der Waals surface area contributed by atoms with Gasteiger partial charge in [-0.25, -0.2) is 0 Å². The van der Waals surface area contributed by atoms with E-state index in [1.807, 2.05) is 6.92 Å². The molecule has 0 amide bonds. The smallest absolute Gasteiger partial charge is 0.309 e. The van der Waals surface area contributed by atoms with Gasteiger partial charge in [0.15, 0.2) is 0 Å². The van der Waals surface area contributed by atoms with Crippen LogP contribution in [0.2, 0.25) is 0 Å². The fraction of sp³-hybridized carbons (Fsp3) is 0.900. The summed E-state index contributed by atoms with van der Waals surface area (Å²) >= 11 is 0. The Balaban J connectivity index is 0.00000144. The minimum absolute atomic E-state index is 0. The average Bonchev–Trinajstić information content (AvgIpc) is 1.83. The van der Waals surface area contributed by atoms with Crippen LogP contribution in [-0.4, -0.2) is 11.1 Å². The van der Waals surface area contributed by atoms with Crippen LogP contribution in [0.1, 0.15) is 46.5 Å². The average molecular weight is 187 g/mol. The summed E-state index contributed by atoms with van der Waals surface area (Å²) in [5.74, 6) is -0.629. The lowest BCUT2D eigenvalue weighted by Gasteiger charge is -2.39. The minimum Gasteiger partial charge on any atom is -0.481 e. The van der Waals surface area contributed by atoms with E-state index < -0.39 is 11.4 Å². The van der Waals surface area contributed by atoms with Gasteiger partial charge < -0.3 is 11.3 Å². The predicted molar refractivity (Wildman–Crippen MR) is 53.0 cm³/mol. The van der Waals surface area contributed by atoms with E-state index in [1.165, 1.54) is 0 Å². The fourth-order valence-electron chi connectivity index (χ4n) is 2.37. The van der Waals surface area contributed by atoms with Crippen LogP contribution in [0.5, 0.6) is 0 Å². The van der Waals surface area contributed by atoms with Gasteiger partial charge in [0, 0.05) is 0 Å². The zero-order chi connectivity index (χ0) is 9.41. The van der Waals surface area contributed by atoms with Crippen LogP contribution in [-0.2, 0) is 4.79 Å². The van der Waals surface area contributed by atoms with Crippen molar-refractivity contribution >= 4 is 5.97 Å². The summed E-state index contributed by atoms with van der Waals surface area (Å²) in [6.45, 7) is 6.19. The number of carboxylic acid groups (broad SMARTS) is 1. The maximum atomic E-state index is 11.0. The Labute approximate surface area is 80.1 Å². The van der Waals surface area contributed by atoms with Crippen LogP contribution in [0, 0.1) is 10.8 Å². The second-order valence-electron chi connectivity index (χ2n) is 5.06. The molecule has 1 rings (SSSR count). The summed E-state index contributed by atoms with van der Waals surface area (Å²) in [4.78, 5) is 11.0. The van der Waals surface area contributed by atoms with Gasteiger partial charge >= 0.3 is 5.97 Å². The van der Waals surface area contributed by atoms with E-state index in [-0.39, 0.29) is 11.6 Å². The maximum Gasteiger partial charge on any atom is 0.309 e. The van der Waals surface area contributed by atoms with E-state index in [0.717, 1.165) is 25.7 Å². The van der Waals surface area contributed by atoms with Crippen molar-refractivity contribution in [3.63, 3.8) is 0 Å². The summed E-state index contributed by atoms with van der Waals surface area (Å²) in [6.07, 6.45) is 3.87. The lowest BCUT2D eigenvalue weighted by atomic mass is 9.64. The number of hydrogen-bond acceptors (Lipinski definition) is 2. The molecule has 0 aromatic carbocycles. The molecule has 13 heavy (non-hydrogen) atoms. The van der Waals surface area contributed by atoms with Gasteiger partial charge in [0.2, 0.25) is 0 Å². The zero-order valence-electron chi connectivity index (χ0n) is 8.89. The van der Waals surface area contributed by atoms with Crippen molar-refractivity contribution in [1.29, 1.82) is 0 Å². The Bertz CT molecular complexity index is 201. The molecule has 4 N–H and O–H groups in total. The van der Waals surface area contributed by atoms with Gasteiger partial charge in [-0.05, 0) is 31.6 Å². The number of hydrogen-bond donors (Lipinski definition) is 2. The third-order valence-corrected chi connectivity index (χ3v) is 2.97. The van der Waals surface area contributed by atoms with Crippen LogP contribution in [0.25, 0.3) is 0 Å². The van der Waals surface area contributed by atoms with Crippen LogP contribution in [0.15, 0.2) is 0 Å². The second-order valence-corrected chi connectivity index (χ2v) is 5.06. The first kappa shape index (κ1) is 12.4. The Morgan fingerprint density at radius 3 is 2.08 bits per heavy atom. The fourth-order valence-corrected chi connectivity index (χ4v) is 2.37. The highest BCUT2D eigenvalue weighted by molar-refractivity contribution is 5.74. The van der Waals surface area contributed by atoms with E-state index in [1.54, 1.807) is 0 Å². The van der Waals surface area contributed by atoms with Gasteiger partial charge in [0.25, 0.3) is 0 Å². The Morgan fingerprint density at radius 2 is 1.77 bits per heavy atom. The molecule has 78 valence electrons. The highest BCUT2D eigenvalue weighted by atomic mass is 16.4. The molecule has 1 unspecified atom stereocenters. The van der Waals surface area contributed by atoms with Crippen LogP contribution < -0.4 is 6.15 Å². The van der Waals surface area contributed by atoms with Crippen molar-refractivity contribution in [2.75, 3.05) is 0 Å². The molecule has 1 atom stereocenters. The van der Waals surface area contributed by atoms with Gasteiger partial charge in [0.05, 0.1) is 5.41 Å². The third kappa shape index (κ3) is 2.69. The van der Waals surface area contributed by atoms with Crippen molar-refractivity contribution in [3.8, 4) is 0 Å². The lowest BCUT2D eigenvalue weighted by Crippen LogP contribution is -2.36. The summed E-state index contributed by atoms with van der Waals surface area (Å²) < 4.78 is 0. The van der Waals surface area contributed by atoms with Gasteiger partial charge in [-0.2, -0.15) is 0 Å². The van der Waals surface area contributed by atoms with Crippen LogP contribution in [0.4, 0.5) is 0 Å². The molecule has 0 bridgehead atoms. The number of carboxylic acids is 1. The SMILES string of the molecule is CC1(C)CCCC(C)(C(=O)O)C1.N. The first-order valence-corrected chi connectivity index (χ1v) is 4.59. The van der Waals surface area contributed by atoms with Crippen LogP contribution in [0.3, 0.4) is 0 Å². The van der Waals surface area contributed by atoms with Crippen LogP contribution >= 0.6 is 0 Å². The number of aliphatic carboxylic acids is 1. The summed E-state index contributed by atoms with van der Waals surface area (Å²) in [7, 11) is 0. The van der Waals surface area contributed by atoms with E-state index in [2.05, 4.69) is 13.8 Å². The third-order valence-electron chi connectivity index (χ3n) is 2.97. The monoisotopic (exact) mass is 187 g/mol. The molecule has 1 aliphatic rings. The molecular weight excluding hydrogens is 166 g/mol. The molecule has 0 radical (unpaired) electrons. The lowest BCUT2D eigenvalue weighted by molar-refractivity contribution is -0.152. The van der Waals surface area contributed by atoms with Crippen molar-refractivity contribution < 1.29 is 9.90 Å². The highest BCUT2D eigenvalue weighted by Crippen LogP contribution is 2.45. The summed E-state index contributed by atoms with van der Waals surface area (Å²) in [6, 6.07) is 0. The zero-order valence-corrected chi connectivity index (χ0v) is 8.89. The van der Waals surface area contributed by atoms with Gasteiger partial charge in [0.1, 0.15) is 0 Å². The summed E-state index contributed by atoms with van der Waals surface area (Å²) in [5.41, 5.74) is -0.257. The van der Waals surface area contributed by atoms with E-state index >= 15 is 0 Å². The maximum absolute atomic E-state index is 11.0. The highest BCUT2D eigenvalue weighted by Gasteiger charge is 2.41. The molecule has 3 heteroatoms. The van der Waals surface area contributed by atoms with E-state index in [4.69, 9.17) is 5.11 Å². The summed E-state index contributed by atoms with van der Waals surface area (Å²) in [5, 5.41) is 9.03. The van der Waals surface area contributed by atoms with Gasteiger partial charge in [-0.3, -0.25) is 4.79 Å². The largest absolute Gasteiger partial charge is 0.481 e. The molecule has 0 saturated heterocycles. The number of carbonyl (C=O) groups is 1. The van der Waals surface area contributed by atoms with Gasteiger partial charge in [-0.1, -0.05) is 20.3 Å². The molecule has 0 spiro atoms. The van der Waals surface area contributed by atoms with E-state index in [0.29, 0.717) is 0 Å². The molecule has 0 aromatic heterocycles. The number of rotatable bonds is 1. The molecular formula is C10H21NO2.